The van der Waals surface area contributed by atoms with Crippen LogP contribution in [0.3, 0.4) is 0 Å². The molecule has 0 bridgehead atoms. The molecule has 5 heterocycles. The molecule has 3 saturated heterocycles. The molecule has 1 saturated carbocycles. The lowest BCUT2D eigenvalue weighted by molar-refractivity contribution is -0.216. The summed E-state index contributed by atoms with van der Waals surface area (Å²) in [5, 5.41) is 9.53. The maximum Gasteiger partial charge on any atom is 0.262 e. The number of piperazine rings is 1. The van der Waals surface area contributed by atoms with E-state index in [1.165, 1.54) is 17.3 Å². The van der Waals surface area contributed by atoms with E-state index in [-0.39, 0.29) is 46.6 Å². The Morgan fingerprint density at radius 1 is 0.867 bits per heavy atom. The quantitative estimate of drug-likeness (QED) is 0.261. The van der Waals surface area contributed by atoms with Crippen molar-refractivity contribution in [1.82, 2.24) is 29.6 Å². The zero-order valence-corrected chi connectivity index (χ0v) is 34.9. The van der Waals surface area contributed by atoms with Crippen molar-refractivity contribution in [3.05, 3.63) is 76.1 Å². The Kier molecular flexibility index (Phi) is 10.8. The van der Waals surface area contributed by atoms with Crippen LogP contribution in [-0.2, 0) is 9.59 Å². The highest BCUT2D eigenvalue weighted by molar-refractivity contribution is 6.31. The molecule has 5 aliphatic rings. The molecule has 0 radical (unpaired) electrons. The highest BCUT2D eigenvalue weighted by Crippen LogP contribution is 2.58. The van der Waals surface area contributed by atoms with Gasteiger partial charge in [-0.15, -0.1) is 0 Å². The lowest BCUT2D eigenvalue weighted by Gasteiger charge is -2.65. The summed E-state index contributed by atoms with van der Waals surface area (Å²) in [6.07, 6.45) is 3.46. The van der Waals surface area contributed by atoms with E-state index in [1.54, 1.807) is 36.4 Å². The molecule has 17 heteroatoms. The summed E-state index contributed by atoms with van der Waals surface area (Å²) in [6, 6.07) is 9.98. The van der Waals surface area contributed by atoms with Crippen molar-refractivity contribution in [2.24, 2.45) is 16.6 Å². The number of nitrogens with zero attached hydrogens (tertiary/aromatic N) is 8. The highest BCUT2D eigenvalue weighted by Gasteiger charge is 2.68. The number of rotatable bonds is 12. The first-order valence-electron chi connectivity index (χ1n) is 20.3. The lowest BCUT2D eigenvalue weighted by Crippen LogP contribution is -2.77. The number of nitrogens with two attached hydrogens (primary N) is 1. The number of benzene rings is 2. The smallest absolute Gasteiger partial charge is 0.262 e. The largest absolute Gasteiger partial charge is 0.489 e. The van der Waals surface area contributed by atoms with Crippen LogP contribution in [0.25, 0.3) is 0 Å². The standard InChI is InChI=1S/C43H48ClN9O7/c1-42(2)39(43(3,4)40(42)60-28-7-6-25(20-45)32(44)19-28)53-34(54)11-10-33(38(53)58)52-36(56)30-9-8-27(18-31(30)37(52)57)59-29-23-50(24-29)13-5-12-49-14-16-51(17-15-49)41-47-21-26(22-48-41)35(46)55/h6-9,18-19,21-22,29,33,39-40H,5,10-17,23-24H2,1-4H3,(H2,46,55). The Balaban J connectivity index is 0.829. The first kappa shape index (κ1) is 41.1. The van der Waals surface area contributed by atoms with Crippen molar-refractivity contribution >= 4 is 47.1 Å². The summed E-state index contributed by atoms with van der Waals surface area (Å²) in [5.41, 5.74) is 4.87. The maximum atomic E-state index is 14.3. The van der Waals surface area contributed by atoms with E-state index >= 15 is 0 Å². The molecule has 8 rings (SSSR count). The molecule has 0 spiro atoms. The van der Waals surface area contributed by atoms with Crippen LogP contribution in [-0.4, -0.2) is 136 Å². The van der Waals surface area contributed by atoms with Gasteiger partial charge in [0.05, 0.1) is 33.3 Å². The molecule has 4 aliphatic heterocycles. The van der Waals surface area contributed by atoms with Crippen LogP contribution in [0.4, 0.5) is 5.95 Å². The van der Waals surface area contributed by atoms with E-state index in [2.05, 4.69) is 24.7 Å². The predicted molar refractivity (Wildman–Crippen MR) is 218 cm³/mol. The minimum atomic E-state index is -1.14. The molecule has 3 aromatic rings. The number of primary amides is 1. The number of carbonyl (C=O) groups is 5. The first-order chi connectivity index (χ1) is 28.6. The Morgan fingerprint density at radius 2 is 1.50 bits per heavy atom. The summed E-state index contributed by atoms with van der Waals surface area (Å²) < 4.78 is 12.6. The number of imide groups is 2. The molecule has 4 fully saturated rings. The minimum Gasteiger partial charge on any atom is -0.489 e. The Hall–Kier alpha value is -5.63. The predicted octanol–water partition coefficient (Wildman–Crippen LogP) is 3.37. The van der Waals surface area contributed by atoms with Crippen molar-refractivity contribution in [1.29, 1.82) is 5.26 Å². The Labute approximate surface area is 353 Å². The number of hydrogen-bond acceptors (Lipinski definition) is 13. The fourth-order valence-corrected chi connectivity index (χ4v) is 10.3. The number of piperidine rings is 1. The second kappa shape index (κ2) is 15.8. The molecule has 16 nitrogen and oxygen atoms in total. The number of carbonyl (C=O) groups excluding carboxylic acids is 5. The van der Waals surface area contributed by atoms with Gasteiger partial charge < -0.3 is 20.1 Å². The number of aromatic nitrogens is 2. The van der Waals surface area contributed by atoms with Crippen LogP contribution < -0.4 is 20.1 Å². The van der Waals surface area contributed by atoms with Crippen LogP contribution in [0.2, 0.25) is 5.02 Å². The van der Waals surface area contributed by atoms with Crippen LogP contribution in [0.15, 0.2) is 48.8 Å². The average molecular weight is 838 g/mol. The summed E-state index contributed by atoms with van der Waals surface area (Å²) in [4.78, 5) is 84.6. The fraction of sp³-hybridized carbons (Fsp3) is 0.488. The number of likely N-dealkylation sites (tertiary alicyclic amines) is 2. The van der Waals surface area contributed by atoms with Gasteiger partial charge in [-0.25, -0.2) is 9.97 Å². The third-order valence-corrected chi connectivity index (χ3v) is 13.0. The van der Waals surface area contributed by atoms with Crippen molar-refractivity contribution in [2.75, 3.05) is 57.3 Å². The normalized spacial score (nSPS) is 24.1. The molecule has 1 aliphatic carbocycles. The van der Waals surface area contributed by atoms with Crippen LogP contribution in [0.5, 0.6) is 11.5 Å². The zero-order chi connectivity index (χ0) is 42.7. The van der Waals surface area contributed by atoms with Crippen LogP contribution in [0, 0.1) is 22.2 Å². The molecule has 2 N–H and O–H groups in total. The number of amides is 5. The summed E-state index contributed by atoms with van der Waals surface area (Å²) in [5.74, 6) is -1.09. The van der Waals surface area contributed by atoms with Gasteiger partial charge in [-0.2, -0.15) is 5.26 Å². The first-order valence-corrected chi connectivity index (χ1v) is 20.7. The van der Waals surface area contributed by atoms with E-state index in [4.69, 9.17) is 26.8 Å². The average Bonchev–Trinajstić information content (AvgIpc) is 3.45. The van der Waals surface area contributed by atoms with Gasteiger partial charge in [0.2, 0.25) is 11.9 Å². The maximum absolute atomic E-state index is 14.3. The molecule has 1 atom stereocenters. The molecule has 2 aromatic carbocycles. The van der Waals surface area contributed by atoms with Gasteiger partial charge >= 0.3 is 0 Å². The molecule has 60 heavy (non-hydrogen) atoms. The number of anilines is 1. The zero-order valence-electron chi connectivity index (χ0n) is 34.1. The van der Waals surface area contributed by atoms with E-state index in [9.17, 15) is 29.2 Å². The molecule has 1 aromatic heterocycles. The topological polar surface area (TPSA) is 196 Å². The van der Waals surface area contributed by atoms with Crippen LogP contribution in [0.1, 0.15) is 83.6 Å². The third-order valence-electron chi connectivity index (χ3n) is 12.7. The highest BCUT2D eigenvalue weighted by atomic mass is 35.5. The van der Waals surface area contributed by atoms with Gasteiger partial charge in [-0.1, -0.05) is 39.3 Å². The van der Waals surface area contributed by atoms with Crippen molar-refractivity contribution in [3.8, 4) is 17.6 Å². The summed E-state index contributed by atoms with van der Waals surface area (Å²) >= 11 is 6.26. The number of ether oxygens (including phenoxy) is 2. The van der Waals surface area contributed by atoms with Crippen molar-refractivity contribution < 1.29 is 33.4 Å². The molecular weight excluding hydrogens is 790 g/mol. The molecule has 1 unspecified atom stereocenters. The minimum absolute atomic E-state index is 0.00245. The number of fused-ring (bicyclic) bond motifs is 1. The SMILES string of the molecule is CC1(C)C(Oc2ccc(C#N)c(Cl)c2)C(C)(C)C1N1C(=O)CCC(N2C(=O)c3ccc(OC4CN(CCCN5CCN(c6ncc(C(N)=O)cn6)CC5)C4)cc3C2=O)C1=O. The number of nitriles is 1. The Morgan fingerprint density at radius 3 is 2.15 bits per heavy atom. The molecular formula is C43H48ClN9O7. The lowest BCUT2D eigenvalue weighted by atomic mass is 9.48. The Bertz CT molecular complexity index is 2270. The van der Waals surface area contributed by atoms with Gasteiger partial charge in [0, 0.05) is 75.0 Å². The second-order valence-electron chi connectivity index (χ2n) is 17.5. The van der Waals surface area contributed by atoms with E-state index in [0.717, 1.165) is 63.7 Å². The van der Waals surface area contributed by atoms with E-state index in [1.807, 2.05) is 33.8 Å². The number of halogens is 1. The van der Waals surface area contributed by atoms with Gasteiger partial charge in [-0.3, -0.25) is 43.6 Å². The van der Waals surface area contributed by atoms with Crippen molar-refractivity contribution in [3.63, 3.8) is 0 Å². The summed E-state index contributed by atoms with van der Waals surface area (Å²) in [6.45, 7) is 14.4. The fourth-order valence-electron chi connectivity index (χ4n) is 10.0. The van der Waals surface area contributed by atoms with Gasteiger partial charge in [0.1, 0.15) is 35.8 Å². The molecule has 314 valence electrons. The monoisotopic (exact) mass is 837 g/mol. The third kappa shape index (κ3) is 7.32. The molecule has 5 amide bonds. The summed E-state index contributed by atoms with van der Waals surface area (Å²) in [7, 11) is 0. The van der Waals surface area contributed by atoms with Crippen molar-refractivity contribution in [2.45, 2.75) is 71.2 Å². The van der Waals surface area contributed by atoms with E-state index < -0.39 is 52.6 Å². The van der Waals surface area contributed by atoms with Gasteiger partial charge in [0.25, 0.3) is 23.6 Å². The van der Waals surface area contributed by atoms with Crippen LogP contribution >= 0.6 is 11.6 Å². The second-order valence-corrected chi connectivity index (χ2v) is 17.9. The van der Waals surface area contributed by atoms with E-state index in [0.29, 0.717) is 23.0 Å². The number of hydrogen-bond donors (Lipinski definition) is 1. The van der Waals surface area contributed by atoms with Gasteiger partial charge in [0.15, 0.2) is 0 Å². The van der Waals surface area contributed by atoms with Gasteiger partial charge in [-0.05, 0) is 56.3 Å².